The van der Waals surface area contributed by atoms with Crippen LogP contribution in [0.25, 0.3) is 0 Å². The Labute approximate surface area is 129 Å². The van der Waals surface area contributed by atoms with E-state index in [1.165, 1.54) is 5.56 Å². The highest BCUT2D eigenvalue weighted by molar-refractivity contribution is 5.26. The van der Waals surface area contributed by atoms with Crippen LogP contribution in [0.1, 0.15) is 64.6 Å². The first-order valence-electron chi connectivity index (χ1n) is 7.81. The van der Waals surface area contributed by atoms with Crippen LogP contribution in [0.15, 0.2) is 24.8 Å². The minimum Gasteiger partial charge on any atom is -0.478 e. The summed E-state index contributed by atoms with van der Waals surface area (Å²) in [6, 6.07) is 4.21. The first kappa shape index (κ1) is 17.7. The van der Waals surface area contributed by atoms with Gasteiger partial charge >= 0.3 is 0 Å². The molecule has 0 spiro atoms. The fourth-order valence-corrected chi connectivity index (χ4v) is 1.83. The quantitative estimate of drug-likeness (QED) is 0.568. The molecule has 1 aromatic heterocycles. The van der Waals surface area contributed by atoms with Crippen LogP contribution in [-0.4, -0.2) is 17.1 Å². The van der Waals surface area contributed by atoms with Gasteiger partial charge in [-0.3, -0.25) is 0 Å². The lowest BCUT2D eigenvalue weighted by Gasteiger charge is -2.21. The average molecular weight is 290 g/mol. The summed E-state index contributed by atoms with van der Waals surface area (Å²) in [5, 5.41) is 3.51. The van der Waals surface area contributed by atoms with Crippen molar-refractivity contribution in [2.45, 2.75) is 65.5 Å². The summed E-state index contributed by atoms with van der Waals surface area (Å²) in [5.74, 6) is 1.13. The Hall–Kier alpha value is -1.35. The zero-order valence-electron chi connectivity index (χ0n) is 14.2. The van der Waals surface area contributed by atoms with Gasteiger partial charge in [-0.2, -0.15) is 0 Å². The van der Waals surface area contributed by atoms with Crippen molar-refractivity contribution in [1.82, 2.24) is 10.3 Å². The van der Waals surface area contributed by atoms with E-state index in [9.17, 15) is 0 Å². The summed E-state index contributed by atoms with van der Waals surface area (Å²) in [6.07, 6.45) is 3.87. The summed E-state index contributed by atoms with van der Waals surface area (Å²) in [6.45, 7) is 16.1. The van der Waals surface area contributed by atoms with E-state index in [0.717, 1.165) is 31.0 Å². The van der Waals surface area contributed by atoms with Gasteiger partial charge in [0.15, 0.2) is 0 Å². The van der Waals surface area contributed by atoms with E-state index in [1.54, 1.807) is 0 Å². The number of aromatic nitrogens is 1. The third-order valence-corrected chi connectivity index (χ3v) is 3.10. The maximum Gasteiger partial charge on any atom is 0.213 e. The number of allylic oxidation sites excluding steroid dienone is 1. The number of rotatable bonds is 8. The standard InChI is InChI=1S/C18H30N2O/c1-7-8-9-10-21-17-12-15(13-19-18(4,5)6)11-16(20-17)14(2)3/h7,11-12,14,19H,1,8-10,13H2,2-6H3. The minimum absolute atomic E-state index is 0.103. The summed E-state index contributed by atoms with van der Waals surface area (Å²) in [5.41, 5.74) is 2.41. The molecule has 118 valence electrons. The summed E-state index contributed by atoms with van der Waals surface area (Å²) < 4.78 is 5.78. The van der Waals surface area contributed by atoms with Gasteiger partial charge in [0.2, 0.25) is 5.88 Å². The van der Waals surface area contributed by atoms with Gasteiger partial charge in [0, 0.05) is 23.8 Å². The van der Waals surface area contributed by atoms with E-state index in [4.69, 9.17) is 4.74 Å². The van der Waals surface area contributed by atoms with E-state index in [-0.39, 0.29) is 5.54 Å². The second-order valence-electron chi connectivity index (χ2n) is 6.78. The van der Waals surface area contributed by atoms with E-state index in [1.807, 2.05) is 12.1 Å². The van der Waals surface area contributed by atoms with Crippen LogP contribution >= 0.6 is 0 Å². The highest BCUT2D eigenvalue weighted by Crippen LogP contribution is 2.20. The van der Waals surface area contributed by atoms with Crippen LogP contribution in [0.4, 0.5) is 0 Å². The van der Waals surface area contributed by atoms with Gasteiger partial charge < -0.3 is 10.1 Å². The van der Waals surface area contributed by atoms with Crippen LogP contribution in [0.5, 0.6) is 5.88 Å². The molecule has 0 saturated carbocycles. The van der Waals surface area contributed by atoms with Crippen molar-refractivity contribution in [2.75, 3.05) is 6.61 Å². The van der Waals surface area contributed by atoms with Gasteiger partial charge in [-0.25, -0.2) is 4.98 Å². The monoisotopic (exact) mass is 290 g/mol. The molecular weight excluding hydrogens is 260 g/mol. The highest BCUT2D eigenvalue weighted by Gasteiger charge is 2.11. The maximum absolute atomic E-state index is 5.78. The molecule has 0 aliphatic rings. The lowest BCUT2D eigenvalue weighted by Crippen LogP contribution is -2.35. The Morgan fingerprint density at radius 1 is 1.33 bits per heavy atom. The molecule has 1 N–H and O–H groups in total. The van der Waals surface area contributed by atoms with Crippen LogP contribution < -0.4 is 10.1 Å². The van der Waals surface area contributed by atoms with E-state index >= 15 is 0 Å². The molecule has 0 fully saturated rings. The summed E-state index contributed by atoms with van der Waals surface area (Å²) in [7, 11) is 0. The second-order valence-corrected chi connectivity index (χ2v) is 6.78. The predicted molar refractivity (Wildman–Crippen MR) is 89.8 cm³/mol. The molecule has 0 radical (unpaired) electrons. The Balaban J connectivity index is 2.77. The van der Waals surface area contributed by atoms with Gasteiger partial charge in [0.25, 0.3) is 0 Å². The summed E-state index contributed by atoms with van der Waals surface area (Å²) in [4.78, 5) is 4.60. The van der Waals surface area contributed by atoms with Crippen LogP contribution in [0, 0.1) is 0 Å². The van der Waals surface area contributed by atoms with Gasteiger partial charge in [-0.1, -0.05) is 19.9 Å². The normalized spacial score (nSPS) is 11.7. The molecule has 0 amide bonds. The van der Waals surface area contributed by atoms with Crippen LogP contribution in [0.2, 0.25) is 0 Å². The minimum atomic E-state index is 0.103. The molecule has 3 heteroatoms. The average Bonchev–Trinajstić information content (AvgIpc) is 2.40. The Bertz CT molecular complexity index is 447. The molecule has 3 nitrogen and oxygen atoms in total. The fourth-order valence-electron chi connectivity index (χ4n) is 1.83. The molecule has 1 heterocycles. The number of ether oxygens (including phenoxy) is 1. The number of nitrogens with one attached hydrogen (secondary N) is 1. The zero-order valence-corrected chi connectivity index (χ0v) is 14.2. The molecule has 0 saturated heterocycles. The lowest BCUT2D eigenvalue weighted by atomic mass is 10.1. The molecule has 0 aliphatic heterocycles. The molecular formula is C18H30N2O. The predicted octanol–water partition coefficient (Wildman–Crippen LogP) is 4.44. The van der Waals surface area contributed by atoms with E-state index < -0.39 is 0 Å². The van der Waals surface area contributed by atoms with Crippen molar-refractivity contribution in [3.05, 3.63) is 36.0 Å². The Morgan fingerprint density at radius 2 is 2.05 bits per heavy atom. The Kier molecular flexibility index (Phi) is 6.90. The number of hydrogen-bond donors (Lipinski definition) is 1. The van der Waals surface area contributed by atoms with E-state index in [2.05, 4.69) is 57.6 Å². The maximum atomic E-state index is 5.78. The zero-order chi connectivity index (χ0) is 15.9. The first-order chi connectivity index (χ1) is 9.81. The van der Waals surface area contributed by atoms with Gasteiger partial charge in [-0.15, -0.1) is 6.58 Å². The fraction of sp³-hybridized carbons (Fsp3) is 0.611. The van der Waals surface area contributed by atoms with E-state index in [0.29, 0.717) is 12.5 Å². The van der Waals surface area contributed by atoms with Crippen molar-refractivity contribution >= 4 is 0 Å². The lowest BCUT2D eigenvalue weighted by molar-refractivity contribution is 0.298. The number of pyridine rings is 1. The van der Waals surface area contributed by atoms with Gasteiger partial charge in [0.05, 0.1) is 6.61 Å². The van der Waals surface area contributed by atoms with Crippen molar-refractivity contribution < 1.29 is 4.74 Å². The second kappa shape index (κ2) is 8.18. The molecule has 0 aromatic carbocycles. The third-order valence-electron chi connectivity index (χ3n) is 3.10. The first-order valence-corrected chi connectivity index (χ1v) is 7.81. The third kappa shape index (κ3) is 7.28. The van der Waals surface area contributed by atoms with Crippen molar-refractivity contribution in [3.8, 4) is 5.88 Å². The number of unbranched alkanes of at least 4 members (excludes halogenated alkanes) is 1. The molecule has 0 atom stereocenters. The number of hydrogen-bond acceptors (Lipinski definition) is 3. The molecule has 0 aliphatic carbocycles. The van der Waals surface area contributed by atoms with Gasteiger partial charge in [0.1, 0.15) is 0 Å². The SMILES string of the molecule is C=CCCCOc1cc(CNC(C)(C)C)cc(C(C)C)n1. The summed E-state index contributed by atoms with van der Waals surface area (Å²) >= 11 is 0. The molecule has 1 aromatic rings. The molecule has 0 unspecified atom stereocenters. The van der Waals surface area contributed by atoms with Crippen LogP contribution in [0.3, 0.4) is 0 Å². The van der Waals surface area contributed by atoms with Crippen molar-refractivity contribution in [1.29, 1.82) is 0 Å². The Morgan fingerprint density at radius 3 is 2.62 bits per heavy atom. The van der Waals surface area contributed by atoms with Crippen molar-refractivity contribution in [2.24, 2.45) is 0 Å². The molecule has 1 rings (SSSR count). The highest BCUT2D eigenvalue weighted by atomic mass is 16.5. The topological polar surface area (TPSA) is 34.1 Å². The molecule has 0 bridgehead atoms. The van der Waals surface area contributed by atoms with Crippen LogP contribution in [-0.2, 0) is 6.54 Å². The number of nitrogens with zero attached hydrogens (tertiary/aromatic N) is 1. The largest absolute Gasteiger partial charge is 0.478 e. The smallest absolute Gasteiger partial charge is 0.213 e. The molecule has 21 heavy (non-hydrogen) atoms. The van der Waals surface area contributed by atoms with Gasteiger partial charge in [-0.05, 0) is 51.2 Å². The van der Waals surface area contributed by atoms with Crippen molar-refractivity contribution in [3.63, 3.8) is 0 Å².